The minimum atomic E-state index is 0.118. The molecule has 2 N–H and O–H groups in total. The molecule has 7 heteroatoms. The van der Waals surface area contributed by atoms with Crippen molar-refractivity contribution in [2.75, 3.05) is 26.2 Å². The lowest BCUT2D eigenvalue weighted by Crippen LogP contribution is -2.48. The van der Waals surface area contributed by atoms with Crippen LogP contribution in [0.2, 0.25) is 0 Å². The zero-order valence-electron chi connectivity index (χ0n) is 18.2. The van der Waals surface area contributed by atoms with E-state index >= 15 is 0 Å². The lowest BCUT2D eigenvalue weighted by atomic mass is 9.93. The SMILES string of the molecule is CCNC(=NCCc1nc(C(C)(C)C)cs1)NC1CCN(Cc2ccsc2)CC1. The lowest BCUT2D eigenvalue weighted by Gasteiger charge is -2.33. The first-order valence-electron chi connectivity index (χ1n) is 10.7. The van der Waals surface area contributed by atoms with Gasteiger partial charge in [0.1, 0.15) is 0 Å². The summed E-state index contributed by atoms with van der Waals surface area (Å²) in [4.78, 5) is 12.1. The van der Waals surface area contributed by atoms with Crippen molar-refractivity contribution in [3.8, 4) is 0 Å². The summed E-state index contributed by atoms with van der Waals surface area (Å²) in [5.74, 6) is 0.941. The second kappa shape index (κ2) is 10.5. The van der Waals surface area contributed by atoms with Crippen LogP contribution in [0.5, 0.6) is 0 Å². The summed E-state index contributed by atoms with van der Waals surface area (Å²) in [7, 11) is 0. The second-order valence-corrected chi connectivity index (χ2v) is 10.4. The number of thiophene rings is 1. The first kappa shape index (κ1) is 22.2. The van der Waals surface area contributed by atoms with Gasteiger partial charge in [0, 0.05) is 56.0 Å². The third-order valence-corrected chi connectivity index (χ3v) is 6.82. The van der Waals surface area contributed by atoms with E-state index in [4.69, 9.17) is 9.98 Å². The van der Waals surface area contributed by atoms with Crippen LogP contribution in [-0.4, -0.2) is 48.1 Å². The number of aromatic nitrogens is 1. The first-order chi connectivity index (χ1) is 13.9. The van der Waals surface area contributed by atoms with E-state index in [2.05, 4.69) is 65.4 Å². The van der Waals surface area contributed by atoms with E-state index in [1.165, 1.54) is 16.3 Å². The predicted octanol–water partition coefficient (Wildman–Crippen LogP) is 4.26. The molecule has 3 heterocycles. The Labute approximate surface area is 183 Å². The van der Waals surface area contributed by atoms with Gasteiger partial charge in [-0.05, 0) is 42.2 Å². The summed E-state index contributed by atoms with van der Waals surface area (Å²) in [6.07, 6.45) is 3.22. The Bertz CT molecular complexity index is 753. The van der Waals surface area contributed by atoms with Crippen molar-refractivity contribution in [1.29, 1.82) is 0 Å². The number of hydrogen-bond donors (Lipinski definition) is 2. The number of likely N-dealkylation sites (tertiary alicyclic amines) is 1. The molecule has 0 amide bonds. The van der Waals surface area contributed by atoms with E-state index in [9.17, 15) is 0 Å². The summed E-state index contributed by atoms with van der Waals surface area (Å²) in [6, 6.07) is 2.73. The third-order valence-electron chi connectivity index (χ3n) is 5.17. The molecular formula is C22H35N5S2. The number of aliphatic imine (C=N–C) groups is 1. The van der Waals surface area contributed by atoms with Gasteiger partial charge in [0.15, 0.2) is 5.96 Å². The van der Waals surface area contributed by atoms with E-state index in [0.29, 0.717) is 6.04 Å². The molecule has 0 saturated carbocycles. The summed E-state index contributed by atoms with van der Waals surface area (Å²) in [5, 5.41) is 14.8. The molecule has 0 atom stereocenters. The zero-order chi connectivity index (χ0) is 20.7. The molecule has 0 unspecified atom stereocenters. The van der Waals surface area contributed by atoms with Crippen molar-refractivity contribution in [1.82, 2.24) is 20.5 Å². The fourth-order valence-corrected chi connectivity index (χ4v) is 5.10. The van der Waals surface area contributed by atoms with Crippen LogP contribution in [-0.2, 0) is 18.4 Å². The fourth-order valence-electron chi connectivity index (χ4n) is 3.42. The van der Waals surface area contributed by atoms with Crippen LogP contribution in [0.1, 0.15) is 56.8 Å². The van der Waals surface area contributed by atoms with Gasteiger partial charge in [-0.2, -0.15) is 11.3 Å². The number of rotatable bonds is 7. The average molecular weight is 434 g/mol. The molecule has 1 fully saturated rings. The number of piperidine rings is 1. The van der Waals surface area contributed by atoms with Crippen LogP contribution in [0.3, 0.4) is 0 Å². The molecule has 5 nitrogen and oxygen atoms in total. The molecule has 3 rings (SSSR count). The van der Waals surface area contributed by atoms with E-state index < -0.39 is 0 Å². The normalized spacial score (nSPS) is 16.9. The monoisotopic (exact) mass is 433 g/mol. The molecule has 0 spiro atoms. The molecule has 1 aliphatic heterocycles. The quantitative estimate of drug-likeness (QED) is 0.506. The zero-order valence-corrected chi connectivity index (χ0v) is 19.8. The molecule has 160 valence electrons. The molecule has 0 aromatic carbocycles. The third kappa shape index (κ3) is 7.08. The van der Waals surface area contributed by atoms with E-state index in [-0.39, 0.29) is 5.41 Å². The van der Waals surface area contributed by atoms with Gasteiger partial charge in [-0.3, -0.25) is 9.89 Å². The van der Waals surface area contributed by atoms with Crippen LogP contribution < -0.4 is 10.6 Å². The molecular weight excluding hydrogens is 398 g/mol. The van der Waals surface area contributed by atoms with Crippen molar-refractivity contribution in [2.24, 2.45) is 4.99 Å². The van der Waals surface area contributed by atoms with Crippen LogP contribution in [0, 0.1) is 0 Å². The highest BCUT2D eigenvalue weighted by molar-refractivity contribution is 7.09. The summed E-state index contributed by atoms with van der Waals surface area (Å²) in [5.41, 5.74) is 2.74. The number of guanidine groups is 1. The van der Waals surface area contributed by atoms with Crippen molar-refractivity contribution in [3.63, 3.8) is 0 Å². The molecule has 1 saturated heterocycles. The lowest BCUT2D eigenvalue weighted by molar-refractivity contribution is 0.198. The smallest absolute Gasteiger partial charge is 0.191 e. The Morgan fingerprint density at radius 3 is 2.69 bits per heavy atom. The second-order valence-electron chi connectivity index (χ2n) is 8.71. The van der Waals surface area contributed by atoms with Crippen molar-refractivity contribution < 1.29 is 0 Å². The number of hydrogen-bond acceptors (Lipinski definition) is 5. The maximum Gasteiger partial charge on any atom is 0.191 e. The van der Waals surface area contributed by atoms with Gasteiger partial charge in [0.25, 0.3) is 0 Å². The molecule has 0 aliphatic carbocycles. The molecule has 0 radical (unpaired) electrons. The van der Waals surface area contributed by atoms with Crippen LogP contribution in [0.25, 0.3) is 0 Å². The van der Waals surface area contributed by atoms with Crippen molar-refractivity contribution in [3.05, 3.63) is 38.5 Å². The minimum absolute atomic E-state index is 0.118. The standard InChI is InChI=1S/C22H35N5S2/c1-5-23-21(24-10-6-20-26-19(16-29-20)22(2,3)4)25-18-7-11-27(12-8-18)14-17-9-13-28-15-17/h9,13,15-16,18H,5-8,10-12,14H2,1-4H3,(H2,23,24,25). The number of nitrogens with zero attached hydrogens (tertiary/aromatic N) is 3. The van der Waals surface area contributed by atoms with Gasteiger partial charge in [0.2, 0.25) is 0 Å². The Balaban J connectivity index is 1.45. The Morgan fingerprint density at radius 2 is 2.07 bits per heavy atom. The van der Waals surface area contributed by atoms with Gasteiger partial charge < -0.3 is 10.6 Å². The maximum atomic E-state index is 4.80. The van der Waals surface area contributed by atoms with Gasteiger partial charge >= 0.3 is 0 Å². The van der Waals surface area contributed by atoms with E-state index in [0.717, 1.165) is 57.9 Å². The highest BCUT2D eigenvalue weighted by Gasteiger charge is 2.20. The average Bonchev–Trinajstić information content (AvgIpc) is 3.35. The number of nitrogens with one attached hydrogen (secondary N) is 2. The van der Waals surface area contributed by atoms with Crippen LogP contribution in [0.15, 0.2) is 27.2 Å². The highest BCUT2D eigenvalue weighted by atomic mass is 32.1. The van der Waals surface area contributed by atoms with E-state index in [1.54, 1.807) is 22.7 Å². The van der Waals surface area contributed by atoms with Crippen molar-refractivity contribution in [2.45, 2.75) is 65.0 Å². The Kier molecular flexibility index (Phi) is 8.09. The number of thiazole rings is 1. The maximum absolute atomic E-state index is 4.80. The molecule has 2 aromatic heterocycles. The Morgan fingerprint density at radius 1 is 1.28 bits per heavy atom. The van der Waals surface area contributed by atoms with Gasteiger partial charge in [-0.15, -0.1) is 11.3 Å². The summed E-state index contributed by atoms with van der Waals surface area (Å²) < 4.78 is 0. The van der Waals surface area contributed by atoms with Gasteiger partial charge in [-0.25, -0.2) is 4.98 Å². The first-order valence-corrected chi connectivity index (χ1v) is 12.5. The largest absolute Gasteiger partial charge is 0.357 e. The molecule has 2 aromatic rings. The molecule has 29 heavy (non-hydrogen) atoms. The minimum Gasteiger partial charge on any atom is -0.357 e. The molecule has 1 aliphatic rings. The van der Waals surface area contributed by atoms with Crippen LogP contribution >= 0.6 is 22.7 Å². The predicted molar refractivity (Wildman–Crippen MR) is 126 cm³/mol. The van der Waals surface area contributed by atoms with Crippen LogP contribution in [0.4, 0.5) is 0 Å². The summed E-state index contributed by atoms with van der Waals surface area (Å²) >= 11 is 3.54. The summed E-state index contributed by atoms with van der Waals surface area (Å²) in [6.45, 7) is 13.8. The van der Waals surface area contributed by atoms with Gasteiger partial charge in [0.05, 0.1) is 10.7 Å². The topological polar surface area (TPSA) is 52.6 Å². The highest BCUT2D eigenvalue weighted by Crippen LogP contribution is 2.24. The van der Waals surface area contributed by atoms with E-state index in [1.807, 2.05) is 0 Å². The van der Waals surface area contributed by atoms with Gasteiger partial charge in [-0.1, -0.05) is 20.8 Å². The van der Waals surface area contributed by atoms with Crippen molar-refractivity contribution >= 4 is 28.6 Å². The Hall–Kier alpha value is -1.44. The molecule has 0 bridgehead atoms. The fraction of sp³-hybridized carbons (Fsp3) is 0.636.